The van der Waals surface area contributed by atoms with E-state index in [-0.39, 0.29) is 11.4 Å². The fraction of sp³-hybridized carbons (Fsp3) is 0.538. The first-order chi connectivity index (χ1) is 8.75. The topological polar surface area (TPSA) is 77.8 Å². The molecular weight excluding hydrogens is 266 g/mol. The van der Waals surface area contributed by atoms with Gasteiger partial charge in [-0.2, -0.15) is 0 Å². The molecule has 0 heterocycles. The first-order valence-corrected chi connectivity index (χ1v) is 7.61. The second-order valence-corrected chi connectivity index (χ2v) is 6.75. The van der Waals surface area contributed by atoms with E-state index in [0.717, 1.165) is 0 Å². The van der Waals surface area contributed by atoms with Gasteiger partial charge in [-0.05, 0) is 38.0 Å². The Balaban J connectivity index is 2.87. The summed E-state index contributed by atoms with van der Waals surface area (Å²) in [5.41, 5.74) is 0.672. The van der Waals surface area contributed by atoms with E-state index in [1.54, 1.807) is 26.0 Å². The van der Waals surface area contributed by atoms with Gasteiger partial charge in [0.1, 0.15) is 0 Å². The van der Waals surface area contributed by atoms with Gasteiger partial charge >= 0.3 is 0 Å². The van der Waals surface area contributed by atoms with E-state index in [0.29, 0.717) is 12.0 Å². The number of sulfonamides is 1. The summed E-state index contributed by atoms with van der Waals surface area (Å²) in [6, 6.07) is 6.16. The third-order valence-electron chi connectivity index (χ3n) is 2.93. The quantitative estimate of drug-likeness (QED) is 0.822. The van der Waals surface area contributed by atoms with Crippen LogP contribution in [0.25, 0.3) is 0 Å². The maximum Gasteiger partial charge on any atom is 0.242 e. The lowest BCUT2D eigenvalue weighted by Gasteiger charge is -2.18. The summed E-state index contributed by atoms with van der Waals surface area (Å²) in [4.78, 5) is 0.185. The van der Waals surface area contributed by atoms with Gasteiger partial charge in [-0.3, -0.25) is 0 Å². The van der Waals surface area contributed by atoms with Crippen LogP contribution >= 0.6 is 0 Å². The summed E-state index contributed by atoms with van der Waals surface area (Å²) in [5.74, 6) is 0. The molecule has 0 radical (unpaired) electrons. The Hall–Kier alpha value is -0.950. The van der Waals surface area contributed by atoms with Crippen molar-refractivity contribution in [1.82, 2.24) is 4.31 Å². The predicted molar refractivity (Wildman–Crippen MR) is 73.2 cm³/mol. The van der Waals surface area contributed by atoms with Crippen molar-refractivity contribution in [2.75, 3.05) is 13.6 Å². The Morgan fingerprint density at radius 3 is 2.11 bits per heavy atom. The minimum Gasteiger partial charge on any atom is -0.393 e. The van der Waals surface area contributed by atoms with Crippen LogP contribution in [0.15, 0.2) is 29.2 Å². The Morgan fingerprint density at radius 1 is 1.16 bits per heavy atom. The van der Waals surface area contributed by atoms with E-state index >= 15 is 0 Å². The highest BCUT2D eigenvalue weighted by atomic mass is 32.2. The Morgan fingerprint density at radius 2 is 1.68 bits per heavy atom. The van der Waals surface area contributed by atoms with Crippen LogP contribution in [0.1, 0.15) is 31.9 Å². The van der Waals surface area contributed by atoms with E-state index in [4.69, 9.17) is 0 Å². The van der Waals surface area contributed by atoms with E-state index < -0.39 is 22.2 Å². The normalized spacial score (nSPS) is 15.5. The first kappa shape index (κ1) is 16.1. The minimum atomic E-state index is -3.54. The van der Waals surface area contributed by atoms with Crippen LogP contribution in [0.2, 0.25) is 0 Å². The largest absolute Gasteiger partial charge is 0.393 e. The van der Waals surface area contributed by atoms with Gasteiger partial charge in [0.05, 0.1) is 17.1 Å². The number of benzene rings is 1. The average molecular weight is 287 g/mol. The maximum atomic E-state index is 12.2. The fourth-order valence-electron chi connectivity index (χ4n) is 1.59. The van der Waals surface area contributed by atoms with E-state index in [1.807, 2.05) is 0 Å². The van der Waals surface area contributed by atoms with Crippen molar-refractivity contribution < 1.29 is 18.6 Å². The number of hydrogen-bond donors (Lipinski definition) is 2. The molecule has 0 aliphatic carbocycles. The van der Waals surface area contributed by atoms with Gasteiger partial charge in [-0.1, -0.05) is 12.1 Å². The maximum absolute atomic E-state index is 12.2. The highest BCUT2D eigenvalue weighted by molar-refractivity contribution is 7.89. The third-order valence-corrected chi connectivity index (χ3v) is 4.80. The van der Waals surface area contributed by atoms with Crippen molar-refractivity contribution in [1.29, 1.82) is 0 Å². The molecule has 0 aromatic heterocycles. The van der Waals surface area contributed by atoms with Crippen LogP contribution in [0.3, 0.4) is 0 Å². The molecule has 0 aliphatic heterocycles. The highest BCUT2D eigenvalue weighted by Gasteiger charge is 2.20. The zero-order chi connectivity index (χ0) is 14.6. The zero-order valence-corrected chi connectivity index (χ0v) is 12.3. The van der Waals surface area contributed by atoms with Crippen LogP contribution in [-0.4, -0.2) is 42.6 Å². The van der Waals surface area contributed by atoms with Gasteiger partial charge in [-0.25, -0.2) is 12.7 Å². The molecule has 0 saturated heterocycles. The third kappa shape index (κ3) is 4.28. The number of aliphatic hydroxyl groups is 2. The van der Waals surface area contributed by atoms with Gasteiger partial charge < -0.3 is 10.2 Å². The van der Waals surface area contributed by atoms with Crippen LogP contribution < -0.4 is 0 Å². The molecule has 0 spiro atoms. The second kappa shape index (κ2) is 6.47. The molecule has 1 aromatic carbocycles. The number of rotatable bonds is 6. The van der Waals surface area contributed by atoms with E-state index in [2.05, 4.69) is 0 Å². The predicted octanol–water partition coefficient (Wildman–Crippen LogP) is 1.13. The summed E-state index contributed by atoms with van der Waals surface area (Å²) in [5, 5.41) is 18.6. The summed E-state index contributed by atoms with van der Waals surface area (Å²) >= 11 is 0. The fourth-order valence-corrected chi connectivity index (χ4v) is 2.77. The summed E-state index contributed by atoms with van der Waals surface area (Å²) in [6.07, 6.45) is -0.762. The zero-order valence-electron chi connectivity index (χ0n) is 11.4. The SMILES string of the molecule is CC(O)CCN(C)S(=O)(=O)c1ccc(C(C)O)cc1. The Labute approximate surface area is 114 Å². The van der Waals surface area contributed by atoms with Crippen LogP contribution in [0.5, 0.6) is 0 Å². The molecule has 1 aromatic rings. The molecule has 2 N–H and O–H groups in total. The summed E-state index contributed by atoms with van der Waals surface area (Å²) < 4.78 is 25.6. The lowest BCUT2D eigenvalue weighted by molar-refractivity contribution is 0.177. The van der Waals surface area contributed by atoms with E-state index in [9.17, 15) is 18.6 Å². The van der Waals surface area contributed by atoms with Crippen molar-refractivity contribution in [3.8, 4) is 0 Å². The molecule has 1 rings (SSSR count). The van der Waals surface area contributed by atoms with Crippen molar-refractivity contribution in [2.45, 2.75) is 37.4 Å². The molecule has 0 aliphatic rings. The van der Waals surface area contributed by atoms with Crippen LogP contribution in [0, 0.1) is 0 Å². The average Bonchev–Trinajstić information content (AvgIpc) is 2.35. The molecule has 6 heteroatoms. The highest BCUT2D eigenvalue weighted by Crippen LogP contribution is 2.18. The molecule has 0 amide bonds. The lowest BCUT2D eigenvalue weighted by Crippen LogP contribution is -2.29. The van der Waals surface area contributed by atoms with Gasteiger partial charge in [0, 0.05) is 13.6 Å². The number of nitrogens with zero attached hydrogens (tertiary/aromatic N) is 1. The Bertz CT molecular complexity index is 494. The summed E-state index contributed by atoms with van der Waals surface area (Å²) in [6.45, 7) is 3.51. The van der Waals surface area contributed by atoms with Crippen LogP contribution in [0.4, 0.5) is 0 Å². The smallest absolute Gasteiger partial charge is 0.242 e. The molecule has 2 atom stereocenters. The van der Waals surface area contributed by atoms with Gasteiger partial charge in [-0.15, -0.1) is 0 Å². The number of hydrogen-bond acceptors (Lipinski definition) is 4. The molecule has 5 nitrogen and oxygen atoms in total. The Kier molecular flexibility index (Phi) is 5.49. The molecule has 19 heavy (non-hydrogen) atoms. The van der Waals surface area contributed by atoms with Gasteiger partial charge in [0.15, 0.2) is 0 Å². The molecule has 108 valence electrons. The van der Waals surface area contributed by atoms with Crippen molar-refractivity contribution >= 4 is 10.0 Å². The molecule has 0 bridgehead atoms. The second-order valence-electron chi connectivity index (χ2n) is 4.71. The standard InChI is InChI=1S/C13H21NO4S/c1-10(15)8-9-14(3)19(17,18)13-6-4-12(5-7-13)11(2)16/h4-7,10-11,15-16H,8-9H2,1-3H3. The lowest BCUT2D eigenvalue weighted by atomic mass is 10.1. The van der Waals surface area contributed by atoms with Crippen molar-refractivity contribution in [3.63, 3.8) is 0 Å². The van der Waals surface area contributed by atoms with Crippen LogP contribution in [-0.2, 0) is 10.0 Å². The minimum absolute atomic E-state index is 0.185. The molecule has 2 unspecified atom stereocenters. The summed E-state index contributed by atoms with van der Waals surface area (Å²) in [7, 11) is -2.05. The van der Waals surface area contributed by atoms with Gasteiger partial charge in [0.25, 0.3) is 0 Å². The first-order valence-electron chi connectivity index (χ1n) is 6.17. The van der Waals surface area contributed by atoms with Crippen molar-refractivity contribution in [2.24, 2.45) is 0 Å². The molecule has 0 saturated carbocycles. The van der Waals surface area contributed by atoms with E-state index in [1.165, 1.54) is 23.5 Å². The monoisotopic (exact) mass is 287 g/mol. The molecular formula is C13H21NO4S. The number of aliphatic hydroxyl groups excluding tert-OH is 2. The van der Waals surface area contributed by atoms with Crippen molar-refractivity contribution in [3.05, 3.63) is 29.8 Å². The van der Waals surface area contributed by atoms with Gasteiger partial charge in [0.2, 0.25) is 10.0 Å². The molecule has 0 fully saturated rings.